The van der Waals surface area contributed by atoms with Crippen LogP contribution in [0.3, 0.4) is 0 Å². The minimum atomic E-state index is -3.79. The van der Waals surface area contributed by atoms with Crippen LogP contribution >= 0.6 is 0 Å². The van der Waals surface area contributed by atoms with Crippen molar-refractivity contribution in [1.29, 1.82) is 0 Å². The number of carbonyl (C=O) groups excluding carboxylic acids is 1. The van der Waals surface area contributed by atoms with Crippen LogP contribution in [0.5, 0.6) is 5.75 Å². The molecule has 3 N–H and O–H groups in total. The van der Waals surface area contributed by atoms with E-state index >= 15 is 0 Å². The molecule has 0 saturated carbocycles. The largest absolute Gasteiger partial charge is 0.497 e. The summed E-state index contributed by atoms with van der Waals surface area (Å²) in [5.74, 6) is 0.402. The Kier molecular flexibility index (Phi) is 5.43. The lowest BCUT2D eigenvalue weighted by molar-refractivity contribution is -0.117. The molecule has 7 nitrogen and oxygen atoms in total. The molecule has 1 amide bonds. The fourth-order valence-corrected chi connectivity index (χ4v) is 3.85. The molecule has 0 bridgehead atoms. The Morgan fingerprint density at radius 1 is 1.12 bits per heavy atom. The van der Waals surface area contributed by atoms with E-state index < -0.39 is 10.0 Å². The summed E-state index contributed by atoms with van der Waals surface area (Å²) in [4.78, 5) is 12.4. The number of anilines is 2. The van der Waals surface area contributed by atoms with Gasteiger partial charge in [-0.05, 0) is 55.8 Å². The highest BCUT2D eigenvalue weighted by atomic mass is 32.2. The zero-order valence-electron chi connectivity index (χ0n) is 14.4. The third-order valence-electron chi connectivity index (χ3n) is 4.18. The topological polar surface area (TPSA) is 96.5 Å². The average Bonchev–Trinajstić information content (AvgIpc) is 3.18. The number of amides is 1. The second-order valence-corrected chi connectivity index (χ2v) is 7.65. The number of carbonyl (C=O) groups is 1. The summed E-state index contributed by atoms with van der Waals surface area (Å²) < 4.78 is 32.8. The number of nitrogens with one attached hydrogen (secondary N) is 3. The summed E-state index contributed by atoms with van der Waals surface area (Å²) in [5, 5.41) is 5.91. The molecule has 0 aromatic heterocycles. The predicted octanol–water partition coefficient (Wildman–Crippen LogP) is 2.19. The SMILES string of the molecule is COc1ccc(S(=O)(=O)Nc2ccccc2NC(=O)[C@@H]2CCCN2)cc1. The van der Waals surface area contributed by atoms with Gasteiger partial charge in [0.25, 0.3) is 10.0 Å². The number of hydrogen-bond donors (Lipinski definition) is 3. The van der Waals surface area contributed by atoms with E-state index in [0.29, 0.717) is 17.1 Å². The van der Waals surface area contributed by atoms with Crippen LogP contribution in [0.15, 0.2) is 53.4 Å². The molecule has 1 aliphatic rings. The van der Waals surface area contributed by atoms with Crippen molar-refractivity contribution >= 4 is 27.3 Å². The minimum Gasteiger partial charge on any atom is -0.497 e. The van der Waals surface area contributed by atoms with Crippen LogP contribution in [0.25, 0.3) is 0 Å². The van der Waals surface area contributed by atoms with Gasteiger partial charge in [0.2, 0.25) is 5.91 Å². The number of methoxy groups -OCH3 is 1. The number of rotatable bonds is 6. The first-order valence-corrected chi connectivity index (χ1v) is 9.78. The zero-order chi connectivity index (χ0) is 18.6. The maximum absolute atomic E-state index is 12.6. The van der Waals surface area contributed by atoms with Gasteiger partial charge >= 0.3 is 0 Å². The van der Waals surface area contributed by atoms with Gasteiger partial charge in [0.05, 0.1) is 29.4 Å². The molecule has 0 radical (unpaired) electrons. The van der Waals surface area contributed by atoms with Crippen molar-refractivity contribution in [1.82, 2.24) is 5.32 Å². The van der Waals surface area contributed by atoms with Crippen molar-refractivity contribution < 1.29 is 17.9 Å². The van der Waals surface area contributed by atoms with E-state index in [1.54, 1.807) is 36.4 Å². The average molecular weight is 375 g/mol. The van der Waals surface area contributed by atoms with Crippen LogP contribution in [0.1, 0.15) is 12.8 Å². The van der Waals surface area contributed by atoms with E-state index in [0.717, 1.165) is 19.4 Å². The highest BCUT2D eigenvalue weighted by Gasteiger charge is 2.23. The van der Waals surface area contributed by atoms with Crippen LogP contribution in [-0.4, -0.2) is 34.0 Å². The number of para-hydroxylation sites is 2. The van der Waals surface area contributed by atoms with Gasteiger partial charge in [-0.2, -0.15) is 0 Å². The Morgan fingerprint density at radius 2 is 1.81 bits per heavy atom. The van der Waals surface area contributed by atoms with Crippen molar-refractivity contribution in [2.24, 2.45) is 0 Å². The van der Waals surface area contributed by atoms with Crippen LogP contribution < -0.4 is 20.1 Å². The van der Waals surface area contributed by atoms with Crippen molar-refractivity contribution in [3.05, 3.63) is 48.5 Å². The van der Waals surface area contributed by atoms with E-state index in [1.807, 2.05) is 0 Å². The molecule has 138 valence electrons. The molecule has 0 aliphatic carbocycles. The molecule has 1 heterocycles. The highest BCUT2D eigenvalue weighted by Crippen LogP contribution is 2.25. The lowest BCUT2D eigenvalue weighted by atomic mass is 10.2. The van der Waals surface area contributed by atoms with Gasteiger partial charge in [0.15, 0.2) is 0 Å². The monoisotopic (exact) mass is 375 g/mol. The van der Waals surface area contributed by atoms with Crippen molar-refractivity contribution in [2.75, 3.05) is 23.7 Å². The highest BCUT2D eigenvalue weighted by molar-refractivity contribution is 7.92. The van der Waals surface area contributed by atoms with Crippen LogP contribution in [0, 0.1) is 0 Å². The third-order valence-corrected chi connectivity index (χ3v) is 5.56. The third kappa shape index (κ3) is 4.14. The number of benzene rings is 2. The summed E-state index contributed by atoms with van der Waals surface area (Å²) in [6.45, 7) is 0.809. The van der Waals surface area contributed by atoms with Gasteiger partial charge < -0.3 is 15.4 Å². The molecule has 2 aromatic carbocycles. The number of ether oxygens (including phenoxy) is 1. The standard InChI is InChI=1S/C18H21N3O4S/c1-25-13-8-10-14(11-9-13)26(23,24)21-16-6-3-2-5-15(16)20-18(22)17-7-4-12-19-17/h2-3,5-6,8-11,17,19,21H,4,7,12H2,1H3,(H,20,22)/t17-/m0/s1. The second kappa shape index (κ2) is 7.76. The summed E-state index contributed by atoms with van der Waals surface area (Å²) >= 11 is 0. The summed E-state index contributed by atoms with van der Waals surface area (Å²) in [5.41, 5.74) is 0.734. The molecule has 1 saturated heterocycles. The second-order valence-electron chi connectivity index (χ2n) is 5.96. The summed E-state index contributed by atoms with van der Waals surface area (Å²) in [7, 11) is -2.27. The first-order chi connectivity index (χ1) is 12.5. The Labute approximate surface area is 152 Å². The maximum Gasteiger partial charge on any atom is 0.261 e. The molecule has 26 heavy (non-hydrogen) atoms. The Balaban J connectivity index is 1.79. The van der Waals surface area contributed by atoms with Gasteiger partial charge in [0, 0.05) is 0 Å². The molecule has 0 unspecified atom stereocenters. The number of hydrogen-bond acceptors (Lipinski definition) is 5. The van der Waals surface area contributed by atoms with Crippen LogP contribution in [0.2, 0.25) is 0 Å². The Morgan fingerprint density at radius 3 is 2.42 bits per heavy atom. The quantitative estimate of drug-likeness (QED) is 0.719. The summed E-state index contributed by atoms with van der Waals surface area (Å²) in [6, 6.07) is 12.6. The zero-order valence-corrected chi connectivity index (χ0v) is 15.2. The summed E-state index contributed by atoms with van der Waals surface area (Å²) in [6.07, 6.45) is 1.72. The molecule has 8 heteroatoms. The Bertz CT molecular complexity index is 876. The van der Waals surface area contributed by atoms with E-state index in [1.165, 1.54) is 19.2 Å². The van der Waals surface area contributed by atoms with Gasteiger partial charge in [-0.3, -0.25) is 9.52 Å². The first-order valence-electron chi connectivity index (χ1n) is 8.30. The van der Waals surface area contributed by atoms with E-state index in [4.69, 9.17) is 4.74 Å². The van der Waals surface area contributed by atoms with Crippen molar-refractivity contribution in [3.63, 3.8) is 0 Å². The Hall–Kier alpha value is -2.58. The molecule has 3 rings (SSSR count). The molecular weight excluding hydrogens is 354 g/mol. The molecule has 1 atom stereocenters. The van der Waals surface area contributed by atoms with Gasteiger partial charge in [-0.15, -0.1) is 0 Å². The van der Waals surface area contributed by atoms with Gasteiger partial charge in [-0.25, -0.2) is 8.42 Å². The van der Waals surface area contributed by atoms with Gasteiger partial charge in [-0.1, -0.05) is 12.1 Å². The fraction of sp³-hybridized carbons (Fsp3) is 0.278. The number of sulfonamides is 1. The van der Waals surface area contributed by atoms with E-state index in [-0.39, 0.29) is 16.8 Å². The van der Waals surface area contributed by atoms with E-state index in [9.17, 15) is 13.2 Å². The molecular formula is C18H21N3O4S. The van der Waals surface area contributed by atoms with Crippen LogP contribution in [0.4, 0.5) is 11.4 Å². The van der Waals surface area contributed by atoms with Crippen molar-refractivity contribution in [3.8, 4) is 5.75 Å². The maximum atomic E-state index is 12.6. The minimum absolute atomic E-state index is 0.108. The predicted molar refractivity (Wildman–Crippen MR) is 99.9 cm³/mol. The van der Waals surface area contributed by atoms with Gasteiger partial charge in [0.1, 0.15) is 5.75 Å². The normalized spacial score (nSPS) is 16.9. The lowest BCUT2D eigenvalue weighted by Gasteiger charge is -2.16. The molecule has 2 aromatic rings. The molecule has 1 aliphatic heterocycles. The van der Waals surface area contributed by atoms with Crippen LogP contribution in [-0.2, 0) is 14.8 Å². The smallest absolute Gasteiger partial charge is 0.261 e. The lowest BCUT2D eigenvalue weighted by Crippen LogP contribution is -2.35. The van der Waals surface area contributed by atoms with Crippen molar-refractivity contribution in [2.45, 2.75) is 23.8 Å². The fourth-order valence-electron chi connectivity index (χ4n) is 2.77. The van der Waals surface area contributed by atoms with E-state index in [2.05, 4.69) is 15.4 Å². The molecule has 1 fully saturated rings. The first kappa shape index (κ1) is 18.2. The molecule has 0 spiro atoms.